The highest BCUT2D eigenvalue weighted by Gasteiger charge is 2.22. The third-order valence-electron chi connectivity index (χ3n) is 3.64. The Labute approximate surface area is 92.2 Å². The Bertz CT molecular complexity index is 222. The number of hydrogen-bond acceptors (Lipinski definition) is 2. The molecule has 15 heavy (non-hydrogen) atoms. The fourth-order valence-corrected chi connectivity index (χ4v) is 1.94. The third-order valence-corrected chi connectivity index (χ3v) is 3.64. The van der Waals surface area contributed by atoms with Gasteiger partial charge in [-0.2, -0.15) is 0 Å². The maximum absolute atomic E-state index is 11.7. The van der Waals surface area contributed by atoms with E-state index in [9.17, 15) is 4.79 Å². The van der Waals surface area contributed by atoms with Crippen LogP contribution in [0.5, 0.6) is 0 Å². The minimum atomic E-state index is 0.251. The molecule has 0 heterocycles. The molecule has 0 bridgehead atoms. The molecule has 0 aromatic carbocycles. The van der Waals surface area contributed by atoms with Gasteiger partial charge in [-0.1, -0.05) is 19.3 Å². The fourth-order valence-electron chi connectivity index (χ4n) is 1.94. The highest BCUT2D eigenvalue weighted by molar-refractivity contribution is 5.78. The summed E-state index contributed by atoms with van der Waals surface area (Å²) in [6.45, 7) is 1.47. The van der Waals surface area contributed by atoms with Crippen LogP contribution in [0.15, 0.2) is 0 Å². The lowest BCUT2D eigenvalue weighted by Gasteiger charge is -2.27. The van der Waals surface area contributed by atoms with E-state index in [1.807, 2.05) is 11.9 Å². The summed E-state index contributed by atoms with van der Waals surface area (Å²) in [6.07, 6.45) is 7.85. The first kappa shape index (κ1) is 10.9. The molecule has 1 N–H and O–H groups in total. The Morgan fingerprint density at radius 3 is 2.60 bits per heavy atom. The molecular formula is C12H22N2O. The second kappa shape index (κ2) is 4.97. The van der Waals surface area contributed by atoms with Crippen molar-refractivity contribution in [3.8, 4) is 0 Å². The summed E-state index contributed by atoms with van der Waals surface area (Å²) in [5.41, 5.74) is 0. The normalized spacial score (nSPS) is 21.1. The second-order valence-corrected chi connectivity index (χ2v) is 5.06. The molecule has 0 radical (unpaired) electrons. The van der Waals surface area contributed by atoms with Crippen molar-refractivity contribution in [2.24, 2.45) is 5.92 Å². The number of likely N-dealkylation sites (N-methyl/N-ethyl adjacent to an activating group) is 1. The Balaban J connectivity index is 1.55. The Morgan fingerprint density at radius 2 is 2.07 bits per heavy atom. The number of rotatable bonds is 6. The van der Waals surface area contributed by atoms with Gasteiger partial charge in [0.2, 0.25) is 5.91 Å². The lowest BCUT2D eigenvalue weighted by atomic mass is 9.83. The van der Waals surface area contributed by atoms with Gasteiger partial charge >= 0.3 is 0 Å². The number of carbonyl (C=O) groups excluding carboxylic acids is 1. The number of hydrogen-bond donors (Lipinski definition) is 1. The minimum Gasteiger partial charge on any atom is -0.345 e. The van der Waals surface area contributed by atoms with E-state index in [4.69, 9.17) is 0 Å². The lowest BCUT2D eigenvalue weighted by molar-refractivity contribution is -0.129. The zero-order valence-electron chi connectivity index (χ0n) is 9.67. The van der Waals surface area contributed by atoms with Crippen LogP contribution in [0.2, 0.25) is 0 Å². The van der Waals surface area contributed by atoms with Gasteiger partial charge in [0.1, 0.15) is 0 Å². The number of amides is 1. The molecule has 2 aliphatic rings. The largest absolute Gasteiger partial charge is 0.345 e. The van der Waals surface area contributed by atoms with Crippen LogP contribution in [0.25, 0.3) is 0 Å². The van der Waals surface area contributed by atoms with Crippen LogP contribution in [0, 0.1) is 5.92 Å². The van der Waals surface area contributed by atoms with Crippen molar-refractivity contribution in [2.75, 3.05) is 20.1 Å². The molecule has 2 fully saturated rings. The Morgan fingerprint density at radius 1 is 1.33 bits per heavy atom. The first-order valence-electron chi connectivity index (χ1n) is 6.23. The molecule has 3 nitrogen and oxygen atoms in total. The Kier molecular flexibility index (Phi) is 3.62. The van der Waals surface area contributed by atoms with E-state index in [0.29, 0.717) is 12.6 Å². The minimum absolute atomic E-state index is 0.251. The number of carbonyl (C=O) groups is 1. The predicted molar refractivity (Wildman–Crippen MR) is 60.6 cm³/mol. The van der Waals surface area contributed by atoms with Crippen molar-refractivity contribution in [3.05, 3.63) is 0 Å². The SMILES string of the molecule is CN(CCC1CCC1)C(=O)CNC1CC1. The fraction of sp³-hybridized carbons (Fsp3) is 0.917. The van der Waals surface area contributed by atoms with Crippen LogP contribution in [-0.2, 0) is 4.79 Å². The molecule has 0 aliphatic heterocycles. The van der Waals surface area contributed by atoms with E-state index in [0.717, 1.165) is 12.5 Å². The van der Waals surface area contributed by atoms with Crippen LogP contribution in [0.4, 0.5) is 0 Å². The molecule has 3 heteroatoms. The summed E-state index contributed by atoms with van der Waals surface area (Å²) in [4.78, 5) is 13.5. The van der Waals surface area contributed by atoms with Gasteiger partial charge in [0.05, 0.1) is 6.54 Å². The second-order valence-electron chi connectivity index (χ2n) is 5.06. The molecule has 0 aromatic rings. The van der Waals surface area contributed by atoms with Gasteiger partial charge in [-0.25, -0.2) is 0 Å². The molecule has 0 saturated heterocycles. The first-order valence-corrected chi connectivity index (χ1v) is 6.23. The quantitative estimate of drug-likeness (QED) is 0.718. The van der Waals surface area contributed by atoms with E-state index in [1.54, 1.807) is 0 Å². The average Bonchev–Trinajstić information content (AvgIpc) is 2.94. The summed E-state index contributed by atoms with van der Waals surface area (Å²) in [7, 11) is 1.93. The van der Waals surface area contributed by atoms with Crippen LogP contribution >= 0.6 is 0 Å². The number of nitrogens with zero attached hydrogens (tertiary/aromatic N) is 1. The summed E-state index contributed by atoms with van der Waals surface area (Å²) in [5.74, 6) is 1.15. The summed E-state index contributed by atoms with van der Waals surface area (Å²) in [6, 6.07) is 0.633. The van der Waals surface area contributed by atoms with E-state index < -0.39 is 0 Å². The number of nitrogens with one attached hydrogen (secondary N) is 1. The van der Waals surface area contributed by atoms with Crippen molar-refractivity contribution < 1.29 is 4.79 Å². The highest BCUT2D eigenvalue weighted by Crippen LogP contribution is 2.29. The van der Waals surface area contributed by atoms with Gasteiger partial charge < -0.3 is 10.2 Å². The maximum atomic E-state index is 11.7. The van der Waals surface area contributed by atoms with Crippen LogP contribution in [0.3, 0.4) is 0 Å². The zero-order valence-corrected chi connectivity index (χ0v) is 9.67. The van der Waals surface area contributed by atoms with E-state index >= 15 is 0 Å². The van der Waals surface area contributed by atoms with Gasteiger partial charge in [0.25, 0.3) is 0 Å². The molecule has 86 valence electrons. The van der Waals surface area contributed by atoms with Crippen LogP contribution in [-0.4, -0.2) is 37.0 Å². The standard InChI is InChI=1S/C12H22N2O/c1-14(8-7-10-3-2-4-10)12(15)9-13-11-5-6-11/h10-11,13H,2-9H2,1H3. The molecule has 1 amide bonds. The summed E-state index contributed by atoms with van der Waals surface area (Å²) < 4.78 is 0. The van der Waals surface area contributed by atoms with Crippen molar-refractivity contribution in [3.63, 3.8) is 0 Å². The lowest BCUT2D eigenvalue weighted by Crippen LogP contribution is -2.37. The van der Waals surface area contributed by atoms with Gasteiger partial charge in [0.15, 0.2) is 0 Å². The summed E-state index contributed by atoms with van der Waals surface area (Å²) >= 11 is 0. The zero-order chi connectivity index (χ0) is 10.7. The van der Waals surface area contributed by atoms with Gasteiger partial charge in [-0.05, 0) is 25.2 Å². The third kappa shape index (κ3) is 3.49. The van der Waals surface area contributed by atoms with Gasteiger partial charge in [-0.15, -0.1) is 0 Å². The smallest absolute Gasteiger partial charge is 0.236 e. The molecule has 2 aliphatic carbocycles. The van der Waals surface area contributed by atoms with E-state index in [2.05, 4.69) is 5.32 Å². The van der Waals surface area contributed by atoms with Crippen molar-refractivity contribution >= 4 is 5.91 Å². The topological polar surface area (TPSA) is 32.3 Å². The molecule has 0 aromatic heterocycles. The van der Waals surface area contributed by atoms with Crippen LogP contribution < -0.4 is 5.32 Å². The molecule has 2 rings (SSSR count). The molecule has 0 unspecified atom stereocenters. The highest BCUT2D eigenvalue weighted by atomic mass is 16.2. The Hall–Kier alpha value is -0.570. The monoisotopic (exact) mass is 210 g/mol. The van der Waals surface area contributed by atoms with Crippen molar-refractivity contribution in [2.45, 2.75) is 44.6 Å². The first-order chi connectivity index (χ1) is 7.25. The van der Waals surface area contributed by atoms with Gasteiger partial charge in [-0.3, -0.25) is 4.79 Å². The van der Waals surface area contributed by atoms with Crippen molar-refractivity contribution in [1.82, 2.24) is 10.2 Å². The molecule has 0 atom stereocenters. The van der Waals surface area contributed by atoms with E-state index in [-0.39, 0.29) is 5.91 Å². The van der Waals surface area contributed by atoms with Crippen molar-refractivity contribution in [1.29, 1.82) is 0 Å². The van der Waals surface area contributed by atoms with E-state index in [1.165, 1.54) is 38.5 Å². The maximum Gasteiger partial charge on any atom is 0.236 e. The molecular weight excluding hydrogens is 188 g/mol. The molecule has 2 saturated carbocycles. The van der Waals surface area contributed by atoms with Gasteiger partial charge in [0, 0.05) is 19.6 Å². The van der Waals surface area contributed by atoms with Crippen LogP contribution in [0.1, 0.15) is 38.5 Å². The average molecular weight is 210 g/mol. The summed E-state index contributed by atoms with van der Waals surface area (Å²) in [5, 5.41) is 3.26. The predicted octanol–water partition coefficient (Wildman–Crippen LogP) is 1.39. The molecule has 0 spiro atoms.